The quantitative estimate of drug-likeness (QED) is 0.0481. The van der Waals surface area contributed by atoms with E-state index in [0.29, 0.717) is 23.0 Å². The molecule has 0 saturated carbocycles. The van der Waals surface area contributed by atoms with Gasteiger partial charge < -0.3 is 24.8 Å². The van der Waals surface area contributed by atoms with Crippen LogP contribution in [-0.4, -0.2) is 41.4 Å². The minimum atomic E-state index is -0.919. The van der Waals surface area contributed by atoms with Crippen molar-refractivity contribution in [1.82, 2.24) is 0 Å². The molecule has 0 saturated heterocycles. The van der Waals surface area contributed by atoms with Crippen LogP contribution in [-0.2, 0) is 57.7 Å². The molecule has 8 nitrogen and oxygen atoms in total. The smallest absolute Gasteiger partial charge is 0.311 e. The van der Waals surface area contributed by atoms with E-state index in [9.17, 15) is 24.6 Å². The topological polar surface area (TPSA) is 130 Å². The summed E-state index contributed by atoms with van der Waals surface area (Å²) in [6, 6.07) is 17.2. The molecule has 4 aromatic rings. The number of benzene rings is 4. The van der Waals surface area contributed by atoms with E-state index in [-0.39, 0.29) is 76.7 Å². The molecule has 0 unspecified atom stereocenters. The van der Waals surface area contributed by atoms with Gasteiger partial charge in [0.15, 0.2) is 0 Å². The molecule has 3 N–H and O–H groups in total. The molecule has 0 aliphatic carbocycles. The zero-order valence-corrected chi connectivity index (χ0v) is 58.5. The second-order valence-electron chi connectivity index (χ2n) is 31.0. The van der Waals surface area contributed by atoms with E-state index in [1.807, 2.05) is 23.5 Å². The van der Waals surface area contributed by atoms with Gasteiger partial charge in [0.1, 0.15) is 23.0 Å². The van der Waals surface area contributed by atoms with E-state index in [2.05, 4.69) is 242 Å². The first-order valence-electron chi connectivity index (χ1n) is 28.6. The minimum absolute atomic E-state index is 0.0549. The van der Waals surface area contributed by atoms with Gasteiger partial charge in [0, 0.05) is 83.9 Å². The van der Waals surface area contributed by atoms with Gasteiger partial charge in [-0.05, 0) is 126 Å². The Morgan fingerprint density at radius 1 is 0.358 bits per heavy atom. The molecule has 0 spiro atoms. The van der Waals surface area contributed by atoms with Gasteiger partial charge >= 0.3 is 17.9 Å². The number of phenols is 2. The van der Waals surface area contributed by atoms with Crippen molar-refractivity contribution < 1.29 is 39.2 Å². The Labute approximate surface area is 508 Å². The molecule has 81 heavy (non-hydrogen) atoms. The van der Waals surface area contributed by atoms with Gasteiger partial charge in [0.05, 0.1) is 8.16 Å². The molecule has 0 aliphatic rings. The maximum absolute atomic E-state index is 12.8. The van der Waals surface area contributed by atoms with Crippen LogP contribution in [0.15, 0.2) is 68.1 Å². The van der Waals surface area contributed by atoms with Gasteiger partial charge in [-0.1, -0.05) is 166 Å². The van der Waals surface area contributed by atoms with Gasteiger partial charge in [-0.2, -0.15) is 0 Å². The first kappa shape index (κ1) is 71.6. The SMILES string of the molecule is CC(=O)Oc1c(C(C)(C)C)cc(SC(C)(C)Sc2cc(C(C)(C)C)c(O)c(C(C)(C)C)c2)cc1C(C)(C)C.CC(C)(Sc1cc(C(C)(C)C)c(O)c(C(C)(C)C)c1)Sc1cc(C(C)(C)C)c(OC(=O)CCCC(=O)O)c(C(C)(C)C)c1. The van der Waals surface area contributed by atoms with E-state index in [1.54, 1.807) is 23.5 Å². The standard InChI is InChI=1S/C36H54O5S2.C33H50O3S2/c1-32(2,3)24-18-22(19-25(30(24)40)33(4,5)6)42-36(13,14)43-23-20-26(34(7,8)9)31(27(21-23)35(10,11)12)41-29(39)17-15-16-28(37)38;1-20(34)36-28-25(31(8,9)10)18-22(19-26(28)32(11,12)13)38-33(14,15)37-21-16-23(29(2,3)4)27(35)24(17-21)30(5,6)7/h18-21,40H,15-17H2,1-14H3,(H,37,38);16-19,35H,1-15H3. The first-order valence-corrected chi connectivity index (χ1v) is 31.8. The molecule has 4 aromatic carbocycles. The third-order valence-corrected chi connectivity index (χ3v) is 18.3. The van der Waals surface area contributed by atoms with Crippen molar-refractivity contribution in [2.75, 3.05) is 0 Å². The highest BCUT2D eigenvalue weighted by atomic mass is 32.2. The van der Waals surface area contributed by atoms with Gasteiger partial charge in [-0.3, -0.25) is 14.4 Å². The number of rotatable bonds is 14. The monoisotopic (exact) mass is 1190 g/mol. The molecule has 0 atom stereocenters. The van der Waals surface area contributed by atoms with E-state index in [1.165, 1.54) is 6.92 Å². The Hall–Kier alpha value is -3.71. The van der Waals surface area contributed by atoms with Crippen LogP contribution in [0.2, 0.25) is 0 Å². The summed E-state index contributed by atoms with van der Waals surface area (Å²) >= 11 is 7.19. The highest BCUT2D eigenvalue weighted by Crippen LogP contribution is 2.54. The Kier molecular flexibility index (Phi) is 22.5. The number of phenolic OH excluding ortho intramolecular Hbond substituents is 2. The van der Waals surface area contributed by atoms with Crippen molar-refractivity contribution in [3.8, 4) is 23.0 Å². The molecule has 12 heteroatoms. The number of hydrogen-bond donors (Lipinski definition) is 3. The highest BCUT2D eigenvalue weighted by Gasteiger charge is 2.36. The summed E-state index contributed by atoms with van der Waals surface area (Å²) in [5, 5.41) is 31.4. The lowest BCUT2D eigenvalue weighted by molar-refractivity contribution is -0.138. The molecular weight excluding hydrogens is 1090 g/mol. The number of carbonyl (C=O) groups is 3. The van der Waals surface area contributed by atoms with Crippen LogP contribution in [0, 0.1) is 0 Å². The highest BCUT2D eigenvalue weighted by molar-refractivity contribution is 8.18. The average molecular weight is 1190 g/mol. The normalized spacial score (nSPS) is 13.4. The number of aliphatic carboxylic acids is 1. The lowest BCUT2D eigenvalue weighted by Crippen LogP contribution is -2.22. The van der Waals surface area contributed by atoms with Crippen LogP contribution < -0.4 is 9.47 Å². The number of thioether (sulfide) groups is 4. The van der Waals surface area contributed by atoms with Crippen LogP contribution in [0.1, 0.15) is 265 Å². The van der Waals surface area contributed by atoms with Crippen LogP contribution >= 0.6 is 47.0 Å². The lowest BCUT2D eigenvalue weighted by Gasteiger charge is -2.32. The van der Waals surface area contributed by atoms with Gasteiger partial charge in [0.25, 0.3) is 0 Å². The molecular formula is C69H104O8S4. The molecule has 0 heterocycles. The summed E-state index contributed by atoms with van der Waals surface area (Å²) in [4.78, 5) is 40.4. The Balaban J connectivity index is 0.000000428. The lowest BCUT2D eigenvalue weighted by atomic mass is 9.79. The van der Waals surface area contributed by atoms with Crippen molar-refractivity contribution in [2.24, 2.45) is 0 Å². The van der Waals surface area contributed by atoms with Crippen molar-refractivity contribution >= 4 is 65.0 Å². The number of carboxylic acids is 1. The molecule has 0 aromatic heterocycles. The van der Waals surface area contributed by atoms with Gasteiger partial charge in [-0.25, -0.2) is 0 Å². The molecule has 452 valence electrons. The van der Waals surface area contributed by atoms with Crippen LogP contribution in [0.4, 0.5) is 0 Å². The average Bonchev–Trinajstić information content (AvgIpc) is 3.22. The Bertz CT molecular complexity index is 2770. The molecule has 0 fully saturated rings. The number of ether oxygens (including phenoxy) is 2. The minimum Gasteiger partial charge on any atom is -0.507 e. The third-order valence-electron chi connectivity index (χ3n) is 13.4. The number of hydrogen-bond acceptors (Lipinski definition) is 11. The predicted octanol–water partition coefficient (Wildman–Crippen LogP) is 20.5. The number of aromatic hydroxyl groups is 2. The Morgan fingerprint density at radius 3 is 0.765 bits per heavy atom. The summed E-state index contributed by atoms with van der Waals surface area (Å²) in [7, 11) is 0. The fraction of sp³-hybridized carbons (Fsp3) is 0.609. The summed E-state index contributed by atoms with van der Waals surface area (Å²) in [6.07, 6.45) is 0.235. The maximum atomic E-state index is 12.8. The van der Waals surface area contributed by atoms with Crippen molar-refractivity contribution in [2.45, 2.75) is 291 Å². The zero-order chi connectivity index (χ0) is 63.0. The molecule has 4 rings (SSSR count). The number of carbonyl (C=O) groups excluding carboxylic acids is 2. The largest absolute Gasteiger partial charge is 0.507 e. The van der Waals surface area contributed by atoms with Crippen molar-refractivity contribution in [1.29, 1.82) is 0 Å². The van der Waals surface area contributed by atoms with Crippen LogP contribution in [0.25, 0.3) is 0 Å². The summed E-state index contributed by atoms with van der Waals surface area (Å²) < 4.78 is 11.4. The van der Waals surface area contributed by atoms with E-state index in [4.69, 9.17) is 14.6 Å². The molecule has 0 amide bonds. The van der Waals surface area contributed by atoms with E-state index >= 15 is 0 Å². The van der Waals surface area contributed by atoms with Crippen LogP contribution in [0.5, 0.6) is 23.0 Å². The van der Waals surface area contributed by atoms with Crippen molar-refractivity contribution in [3.05, 3.63) is 93.0 Å². The second-order valence-corrected chi connectivity index (χ2v) is 38.3. The number of carboxylic acid groups (broad SMARTS) is 1. The van der Waals surface area contributed by atoms with E-state index in [0.717, 1.165) is 64.1 Å². The first-order chi connectivity index (χ1) is 36.0. The molecule has 0 bridgehead atoms. The molecule has 0 aliphatic heterocycles. The van der Waals surface area contributed by atoms with E-state index < -0.39 is 11.9 Å². The van der Waals surface area contributed by atoms with Gasteiger partial charge in [0.2, 0.25) is 0 Å². The number of esters is 2. The van der Waals surface area contributed by atoms with Crippen LogP contribution in [0.3, 0.4) is 0 Å². The summed E-state index contributed by atoms with van der Waals surface area (Å²) in [5.74, 6) is 0.433. The second kappa shape index (κ2) is 25.5. The Morgan fingerprint density at radius 2 is 0.568 bits per heavy atom. The zero-order valence-electron chi connectivity index (χ0n) is 55.3. The summed E-state index contributed by atoms with van der Waals surface area (Å²) in [6.45, 7) is 61.7. The van der Waals surface area contributed by atoms with Crippen molar-refractivity contribution in [3.63, 3.8) is 0 Å². The molecule has 0 radical (unpaired) electrons. The third kappa shape index (κ3) is 20.8. The fourth-order valence-electron chi connectivity index (χ4n) is 9.26. The fourth-order valence-corrected chi connectivity index (χ4v) is 14.4. The van der Waals surface area contributed by atoms with Gasteiger partial charge in [-0.15, -0.1) is 47.0 Å². The summed E-state index contributed by atoms with van der Waals surface area (Å²) in [5.41, 5.74) is 6.07. The predicted molar refractivity (Wildman–Crippen MR) is 349 cm³/mol. The maximum Gasteiger partial charge on any atom is 0.311 e.